The van der Waals surface area contributed by atoms with Crippen molar-refractivity contribution in [2.24, 2.45) is 11.8 Å². The van der Waals surface area contributed by atoms with Gasteiger partial charge in [-0.1, -0.05) is 82.9 Å². The molecule has 6 nitrogen and oxygen atoms in total. The zero-order valence-corrected chi connectivity index (χ0v) is 27.2. The summed E-state index contributed by atoms with van der Waals surface area (Å²) in [7, 11) is 0. The summed E-state index contributed by atoms with van der Waals surface area (Å²) in [4.78, 5) is 28.2. The third-order valence-electron chi connectivity index (χ3n) is 8.91. The fourth-order valence-corrected chi connectivity index (χ4v) is 6.36. The number of amides is 1. The summed E-state index contributed by atoms with van der Waals surface area (Å²) in [6, 6.07) is 16.9. The van der Waals surface area contributed by atoms with E-state index in [-0.39, 0.29) is 11.4 Å². The number of imidazole rings is 1. The number of aryl methyl sites for hydroxylation is 1. The molecule has 1 aliphatic carbocycles. The van der Waals surface area contributed by atoms with Crippen LogP contribution in [0.15, 0.2) is 60.9 Å². The number of anilines is 1. The van der Waals surface area contributed by atoms with Crippen LogP contribution in [0, 0.1) is 18.8 Å². The van der Waals surface area contributed by atoms with Crippen LogP contribution in [0.3, 0.4) is 0 Å². The van der Waals surface area contributed by atoms with E-state index in [0.717, 1.165) is 65.8 Å². The second-order valence-corrected chi connectivity index (χ2v) is 13.2. The van der Waals surface area contributed by atoms with E-state index in [1.165, 1.54) is 30.4 Å². The topological polar surface area (TPSA) is 53.7 Å². The minimum atomic E-state index is -0.332. The molecule has 1 saturated carbocycles. The van der Waals surface area contributed by atoms with Crippen LogP contribution in [0.2, 0.25) is 0 Å². The molecule has 2 fully saturated rings. The van der Waals surface area contributed by atoms with Crippen molar-refractivity contribution >= 4 is 17.2 Å². The SMILES string of the molecule is CC.Cc1ccc(-c2nc(CC(C)C)c3cc(C(=O)N4CCN(c5ccc(CC6CCC6)cn5)CC4(C)C)ccn23)cc1. The highest BCUT2D eigenvalue weighted by atomic mass is 16.2. The van der Waals surface area contributed by atoms with Crippen molar-refractivity contribution in [3.8, 4) is 11.4 Å². The molecule has 0 bridgehead atoms. The first-order valence-corrected chi connectivity index (χ1v) is 16.3. The maximum absolute atomic E-state index is 14.0. The highest BCUT2D eigenvalue weighted by Gasteiger charge is 2.38. The van der Waals surface area contributed by atoms with Crippen LogP contribution in [0.25, 0.3) is 16.9 Å². The summed E-state index contributed by atoms with van der Waals surface area (Å²) in [5, 5.41) is 0. The van der Waals surface area contributed by atoms with Crippen LogP contribution in [0.1, 0.15) is 88.0 Å². The molecule has 4 aromatic rings. The van der Waals surface area contributed by atoms with Crippen molar-refractivity contribution in [2.75, 3.05) is 24.5 Å². The second kappa shape index (κ2) is 12.9. The molecule has 2 aliphatic rings. The van der Waals surface area contributed by atoms with Crippen molar-refractivity contribution in [3.63, 3.8) is 0 Å². The molecule has 6 heteroatoms. The Labute approximate surface area is 258 Å². The number of carbonyl (C=O) groups excluding carboxylic acids is 1. The zero-order valence-electron chi connectivity index (χ0n) is 27.2. The van der Waals surface area contributed by atoms with Gasteiger partial charge in [0.15, 0.2) is 0 Å². The molecule has 3 aromatic heterocycles. The van der Waals surface area contributed by atoms with E-state index in [0.29, 0.717) is 12.5 Å². The number of piperazine rings is 1. The van der Waals surface area contributed by atoms with Gasteiger partial charge in [-0.2, -0.15) is 0 Å². The molecule has 0 unspecified atom stereocenters. The monoisotopic (exact) mass is 579 g/mol. The van der Waals surface area contributed by atoms with Gasteiger partial charge < -0.3 is 9.80 Å². The van der Waals surface area contributed by atoms with E-state index >= 15 is 0 Å². The fraction of sp³-hybridized carbons (Fsp3) is 0.486. The van der Waals surface area contributed by atoms with Crippen molar-refractivity contribution in [1.82, 2.24) is 19.3 Å². The molecule has 0 radical (unpaired) electrons. The number of rotatable bonds is 7. The molecular formula is C37H49N5O. The number of aromatic nitrogens is 3. The van der Waals surface area contributed by atoms with Gasteiger partial charge in [-0.05, 0) is 69.2 Å². The van der Waals surface area contributed by atoms with Crippen molar-refractivity contribution in [2.45, 2.75) is 86.1 Å². The maximum Gasteiger partial charge on any atom is 0.254 e. The second-order valence-electron chi connectivity index (χ2n) is 13.2. The average molecular weight is 580 g/mol. The van der Waals surface area contributed by atoms with Crippen LogP contribution >= 0.6 is 0 Å². The number of pyridine rings is 2. The van der Waals surface area contributed by atoms with Gasteiger partial charge in [-0.15, -0.1) is 0 Å². The predicted molar refractivity (Wildman–Crippen MR) is 178 cm³/mol. The summed E-state index contributed by atoms with van der Waals surface area (Å²) in [6.07, 6.45) is 10.2. The van der Waals surface area contributed by atoms with Crippen LogP contribution in [0.4, 0.5) is 5.82 Å². The summed E-state index contributed by atoms with van der Waals surface area (Å²) in [6.45, 7) is 17.0. The van der Waals surface area contributed by atoms with E-state index in [1.807, 2.05) is 31.0 Å². The lowest BCUT2D eigenvalue weighted by Crippen LogP contribution is -2.61. The first kappa shape index (κ1) is 30.8. The third-order valence-corrected chi connectivity index (χ3v) is 8.91. The van der Waals surface area contributed by atoms with Crippen LogP contribution in [-0.2, 0) is 12.8 Å². The Kier molecular flexibility index (Phi) is 9.24. The lowest BCUT2D eigenvalue weighted by atomic mass is 9.81. The maximum atomic E-state index is 14.0. The Morgan fingerprint density at radius 2 is 1.77 bits per heavy atom. The van der Waals surface area contributed by atoms with Crippen molar-refractivity contribution in [1.29, 1.82) is 0 Å². The Balaban J connectivity index is 0.00000180. The Bertz CT molecular complexity index is 1530. The van der Waals surface area contributed by atoms with Gasteiger partial charge >= 0.3 is 0 Å². The van der Waals surface area contributed by atoms with E-state index in [9.17, 15) is 4.79 Å². The van der Waals surface area contributed by atoms with Crippen molar-refractivity contribution in [3.05, 3.63) is 83.3 Å². The number of hydrogen-bond acceptors (Lipinski definition) is 4. The smallest absolute Gasteiger partial charge is 0.254 e. The number of fused-ring (bicyclic) bond motifs is 1. The first-order chi connectivity index (χ1) is 20.7. The summed E-state index contributed by atoms with van der Waals surface area (Å²) in [5.41, 5.74) is 6.10. The molecule has 0 N–H and O–H groups in total. The molecule has 1 saturated heterocycles. The third kappa shape index (κ3) is 6.63. The lowest BCUT2D eigenvalue weighted by Gasteiger charge is -2.47. The van der Waals surface area contributed by atoms with E-state index in [1.54, 1.807) is 0 Å². The van der Waals surface area contributed by atoms with Gasteiger partial charge in [0.05, 0.1) is 16.7 Å². The Morgan fingerprint density at radius 3 is 2.37 bits per heavy atom. The lowest BCUT2D eigenvalue weighted by molar-refractivity contribution is 0.0513. The molecule has 1 aliphatic heterocycles. The summed E-state index contributed by atoms with van der Waals surface area (Å²) >= 11 is 0. The zero-order chi connectivity index (χ0) is 30.7. The normalized spacial score (nSPS) is 16.7. The molecule has 1 aromatic carbocycles. The molecule has 4 heterocycles. The van der Waals surface area contributed by atoms with Crippen molar-refractivity contribution < 1.29 is 4.79 Å². The Morgan fingerprint density at radius 1 is 1.02 bits per heavy atom. The predicted octanol–water partition coefficient (Wildman–Crippen LogP) is 8.01. The molecular weight excluding hydrogens is 530 g/mol. The standard InChI is InChI=1S/C35H43N5O.C2H6/c1-24(2)19-30-31-21-29(15-16-39(31)33(37-30)28-12-9-25(3)10-13-28)34(41)40-18-17-38(23-35(40,4)5)32-14-11-27(22-36-32)20-26-7-6-8-26;1-2/h9-16,21-22,24,26H,6-8,17-20,23H2,1-5H3;1-2H3. The quantitative estimate of drug-likeness (QED) is 0.223. The van der Waals surface area contributed by atoms with Gasteiger partial charge in [-0.25, -0.2) is 9.97 Å². The minimum Gasteiger partial charge on any atom is -0.353 e. The fourth-order valence-electron chi connectivity index (χ4n) is 6.36. The minimum absolute atomic E-state index is 0.0783. The van der Waals surface area contributed by atoms with Gasteiger partial charge in [0, 0.05) is 43.2 Å². The largest absolute Gasteiger partial charge is 0.353 e. The molecule has 228 valence electrons. The summed E-state index contributed by atoms with van der Waals surface area (Å²) < 4.78 is 2.14. The highest BCUT2D eigenvalue weighted by molar-refractivity contribution is 5.96. The van der Waals surface area contributed by atoms with Crippen LogP contribution in [-0.4, -0.2) is 50.3 Å². The highest BCUT2D eigenvalue weighted by Crippen LogP contribution is 2.31. The van der Waals surface area contributed by atoms with E-state index < -0.39 is 0 Å². The van der Waals surface area contributed by atoms with Gasteiger partial charge in [-0.3, -0.25) is 9.20 Å². The molecule has 6 rings (SSSR count). The summed E-state index contributed by atoms with van der Waals surface area (Å²) in [5.74, 6) is 3.31. The van der Waals surface area contributed by atoms with E-state index in [2.05, 4.69) is 92.6 Å². The number of hydrogen-bond donors (Lipinski definition) is 0. The average Bonchev–Trinajstić information content (AvgIpc) is 3.32. The molecule has 1 amide bonds. The van der Waals surface area contributed by atoms with Gasteiger partial charge in [0.2, 0.25) is 0 Å². The molecule has 0 spiro atoms. The Hall–Kier alpha value is -3.67. The van der Waals surface area contributed by atoms with Gasteiger partial charge in [0.25, 0.3) is 5.91 Å². The van der Waals surface area contributed by atoms with Crippen LogP contribution in [0.5, 0.6) is 0 Å². The molecule has 43 heavy (non-hydrogen) atoms. The number of benzene rings is 1. The van der Waals surface area contributed by atoms with E-state index in [4.69, 9.17) is 9.97 Å². The van der Waals surface area contributed by atoms with Gasteiger partial charge in [0.1, 0.15) is 11.6 Å². The molecule has 0 atom stereocenters. The first-order valence-electron chi connectivity index (χ1n) is 16.3. The number of carbonyl (C=O) groups is 1. The number of nitrogens with zero attached hydrogens (tertiary/aromatic N) is 5. The van der Waals surface area contributed by atoms with Crippen LogP contribution < -0.4 is 4.90 Å².